The molecule has 2 atom stereocenters. The minimum absolute atomic E-state index is 0.146. The van der Waals surface area contributed by atoms with Crippen molar-refractivity contribution >= 4 is 32.8 Å². The van der Waals surface area contributed by atoms with Gasteiger partial charge in [0, 0.05) is 9.75 Å². The predicted octanol–water partition coefficient (Wildman–Crippen LogP) is 6.81. The Labute approximate surface area is 174 Å². The molecule has 5 nitrogen and oxygen atoms in total. The van der Waals surface area contributed by atoms with Crippen molar-refractivity contribution in [2.45, 2.75) is 67.1 Å². The van der Waals surface area contributed by atoms with E-state index >= 15 is 0 Å². The predicted molar refractivity (Wildman–Crippen MR) is 121 cm³/mol. The zero-order valence-electron chi connectivity index (χ0n) is 17.8. The molecule has 28 heavy (non-hydrogen) atoms. The zero-order chi connectivity index (χ0) is 21.3. The number of aryl methyl sites for hydroxylation is 1. The van der Waals surface area contributed by atoms with Crippen molar-refractivity contribution in [1.82, 2.24) is 0 Å². The summed E-state index contributed by atoms with van der Waals surface area (Å²) in [6.45, 7) is 12.2. The normalized spacial score (nSPS) is 15.5. The number of ether oxygens (including phenoxy) is 1. The Bertz CT molecular complexity index is 761. The third kappa shape index (κ3) is 10.3. The smallest absolute Gasteiger partial charge is 0.237 e. The van der Waals surface area contributed by atoms with Gasteiger partial charge in [-0.1, -0.05) is 17.2 Å². The highest BCUT2D eigenvalue weighted by atomic mass is 32.1. The van der Waals surface area contributed by atoms with Crippen molar-refractivity contribution in [2.75, 3.05) is 12.3 Å². The van der Waals surface area contributed by atoms with Crippen molar-refractivity contribution in [1.29, 1.82) is 0 Å². The van der Waals surface area contributed by atoms with E-state index in [0.29, 0.717) is 6.61 Å². The van der Waals surface area contributed by atoms with Gasteiger partial charge in [0.1, 0.15) is 12.3 Å². The minimum Gasteiger partial charge on any atom is -0.366 e. The van der Waals surface area contributed by atoms with Crippen LogP contribution in [0.5, 0.6) is 0 Å². The van der Waals surface area contributed by atoms with Gasteiger partial charge in [-0.3, -0.25) is 9.13 Å². The van der Waals surface area contributed by atoms with E-state index in [-0.39, 0.29) is 18.4 Å². The Kier molecular flexibility index (Phi) is 11.2. The second kappa shape index (κ2) is 12.3. The first-order valence-corrected chi connectivity index (χ1v) is 13.8. The molecular formula is C20H34O5P2S. The summed E-state index contributed by atoms with van der Waals surface area (Å²) >= 11 is 1.65. The fraction of sp³-hybridized carbons (Fsp3) is 0.600. The fourth-order valence-corrected chi connectivity index (χ4v) is 7.30. The average Bonchev–Trinajstić information content (AvgIpc) is 2.84. The van der Waals surface area contributed by atoms with E-state index in [1.54, 1.807) is 25.2 Å². The maximum Gasteiger partial charge on any atom is 0.237 e. The molecule has 0 amide bonds. The van der Waals surface area contributed by atoms with E-state index in [9.17, 15) is 14.0 Å². The Hall–Kier alpha value is -0.480. The molecule has 1 N–H and O–H groups in total. The molecule has 0 aliphatic carbocycles. The molecule has 0 saturated carbocycles. The molecule has 8 heteroatoms. The summed E-state index contributed by atoms with van der Waals surface area (Å²) in [5.74, 6) is -0.335. The van der Waals surface area contributed by atoms with E-state index in [0.717, 1.165) is 23.3 Å². The monoisotopic (exact) mass is 448 g/mol. The van der Waals surface area contributed by atoms with Crippen molar-refractivity contribution in [2.24, 2.45) is 0 Å². The summed E-state index contributed by atoms with van der Waals surface area (Å²) < 4.78 is 34.9. The van der Waals surface area contributed by atoms with Gasteiger partial charge >= 0.3 is 0 Å². The maximum absolute atomic E-state index is 12.7. The highest BCUT2D eigenvalue weighted by molar-refractivity contribution is 7.68. The van der Waals surface area contributed by atoms with Crippen LogP contribution in [0.1, 0.15) is 62.8 Å². The van der Waals surface area contributed by atoms with Gasteiger partial charge in [-0.2, -0.15) is 0 Å². The minimum atomic E-state index is -3.27. The highest BCUT2D eigenvalue weighted by Crippen LogP contribution is 2.53. The Balaban J connectivity index is 2.69. The van der Waals surface area contributed by atoms with Gasteiger partial charge in [-0.15, -0.1) is 11.3 Å². The standard InChI is InChI=1S/C20H34O5P2S/c1-15(2)8-7-9-17(5)10-19-11-18(6)20(28-19)12-24-13-27(23,14-26(21)22)25-16(3)4/h8,10-11,16,26H,7,9,12-14H2,1-6H3,(H,21,22). The second-order valence-electron chi connectivity index (χ2n) is 7.56. The summed E-state index contributed by atoms with van der Waals surface area (Å²) in [5, 5.41) is 0. The number of hydrogen-bond donors (Lipinski definition) is 1. The van der Waals surface area contributed by atoms with Gasteiger partial charge < -0.3 is 14.2 Å². The molecule has 0 radical (unpaired) electrons. The lowest BCUT2D eigenvalue weighted by atomic mass is 10.1. The first-order chi connectivity index (χ1) is 13.0. The van der Waals surface area contributed by atoms with Crippen LogP contribution in [-0.4, -0.2) is 23.2 Å². The van der Waals surface area contributed by atoms with Gasteiger partial charge in [-0.25, -0.2) is 0 Å². The Morgan fingerprint density at radius 1 is 1.36 bits per heavy atom. The molecule has 2 unspecified atom stereocenters. The van der Waals surface area contributed by atoms with Crippen LogP contribution in [-0.2, 0) is 25.0 Å². The largest absolute Gasteiger partial charge is 0.366 e. The van der Waals surface area contributed by atoms with E-state index in [4.69, 9.17) is 9.26 Å². The lowest BCUT2D eigenvalue weighted by Crippen LogP contribution is -2.07. The number of thiophene rings is 1. The van der Waals surface area contributed by atoms with Gasteiger partial charge in [0.25, 0.3) is 0 Å². The zero-order valence-corrected chi connectivity index (χ0v) is 20.5. The lowest BCUT2D eigenvalue weighted by molar-refractivity contribution is 0.143. The average molecular weight is 449 g/mol. The first-order valence-electron chi connectivity index (χ1n) is 9.46. The van der Waals surface area contributed by atoms with Crippen molar-refractivity contribution in [3.05, 3.63) is 38.6 Å². The molecule has 0 fully saturated rings. The Morgan fingerprint density at radius 2 is 2.04 bits per heavy atom. The number of allylic oxidation sites excluding steroid dienone is 3. The number of rotatable bonds is 12. The topological polar surface area (TPSA) is 72.8 Å². The summed E-state index contributed by atoms with van der Waals surface area (Å²) in [5.41, 5.74) is 3.79. The first kappa shape index (κ1) is 25.6. The maximum atomic E-state index is 12.7. The van der Waals surface area contributed by atoms with Crippen LogP contribution in [0.4, 0.5) is 0 Å². The van der Waals surface area contributed by atoms with Crippen LogP contribution in [0, 0.1) is 6.92 Å². The lowest BCUT2D eigenvalue weighted by Gasteiger charge is -2.19. The van der Waals surface area contributed by atoms with E-state index < -0.39 is 15.4 Å². The molecule has 1 heterocycles. The molecule has 0 aromatic carbocycles. The highest BCUT2D eigenvalue weighted by Gasteiger charge is 2.27. The second-order valence-corrected chi connectivity index (χ2v) is 12.9. The third-order valence-corrected chi connectivity index (χ3v) is 9.37. The Morgan fingerprint density at radius 3 is 2.61 bits per heavy atom. The van der Waals surface area contributed by atoms with Gasteiger partial charge in [0.05, 0.1) is 12.7 Å². The molecule has 1 aromatic heterocycles. The summed E-state index contributed by atoms with van der Waals surface area (Å²) in [6.07, 6.45) is 6.09. The molecule has 0 spiro atoms. The molecule has 0 bridgehead atoms. The van der Waals surface area contributed by atoms with E-state index in [1.165, 1.54) is 16.0 Å². The van der Waals surface area contributed by atoms with Crippen molar-refractivity contribution in [3.63, 3.8) is 0 Å². The van der Waals surface area contributed by atoms with Gasteiger partial charge in [0.2, 0.25) is 7.37 Å². The van der Waals surface area contributed by atoms with E-state index in [1.807, 2.05) is 6.92 Å². The summed E-state index contributed by atoms with van der Waals surface area (Å²) in [4.78, 5) is 11.4. The van der Waals surface area contributed by atoms with Crippen LogP contribution in [0.2, 0.25) is 0 Å². The molecule has 0 aliphatic rings. The van der Waals surface area contributed by atoms with Crippen LogP contribution >= 0.6 is 26.7 Å². The molecule has 160 valence electrons. The third-order valence-electron chi connectivity index (χ3n) is 3.82. The van der Waals surface area contributed by atoms with Crippen LogP contribution in [0.3, 0.4) is 0 Å². The van der Waals surface area contributed by atoms with Crippen LogP contribution in [0.15, 0.2) is 23.3 Å². The van der Waals surface area contributed by atoms with Crippen molar-refractivity contribution < 1.29 is 23.3 Å². The molecular weight excluding hydrogens is 414 g/mol. The van der Waals surface area contributed by atoms with Gasteiger partial charge in [-0.05, 0) is 72.1 Å². The van der Waals surface area contributed by atoms with E-state index in [2.05, 4.69) is 39.0 Å². The van der Waals surface area contributed by atoms with Crippen LogP contribution in [0.25, 0.3) is 6.08 Å². The SMILES string of the molecule is CC(C)=CCCC(C)=Cc1cc(C)c(COCP(=O)(C[PH](=O)O)OC(C)C)s1. The van der Waals surface area contributed by atoms with Crippen LogP contribution < -0.4 is 0 Å². The summed E-state index contributed by atoms with van der Waals surface area (Å²) in [7, 11) is -6.16. The van der Waals surface area contributed by atoms with Crippen molar-refractivity contribution in [3.8, 4) is 0 Å². The van der Waals surface area contributed by atoms with Gasteiger partial charge in [0.15, 0.2) is 8.03 Å². The summed E-state index contributed by atoms with van der Waals surface area (Å²) in [6, 6.07) is 2.13. The fourth-order valence-electron chi connectivity index (χ4n) is 2.65. The molecule has 0 aliphatic heterocycles. The molecule has 1 aromatic rings. The number of hydrogen-bond acceptors (Lipinski definition) is 5. The quantitative estimate of drug-likeness (QED) is 0.281. The molecule has 0 saturated heterocycles. The molecule has 1 rings (SSSR count).